The van der Waals surface area contributed by atoms with E-state index >= 15 is 0 Å². The summed E-state index contributed by atoms with van der Waals surface area (Å²) in [7, 11) is 0. The third kappa shape index (κ3) is 5.74. The van der Waals surface area contributed by atoms with E-state index in [-0.39, 0.29) is 5.91 Å². The Labute approximate surface area is 229 Å². The largest absolute Gasteiger partial charge is 0.378 e. The molecule has 0 fully saturated rings. The molecule has 0 spiro atoms. The first-order chi connectivity index (χ1) is 18.5. The first-order valence-electron chi connectivity index (χ1n) is 12.0. The number of fused-ring (bicyclic) bond motifs is 1. The second-order valence-electron chi connectivity index (χ2n) is 8.67. The highest BCUT2D eigenvalue weighted by Crippen LogP contribution is 2.27. The molecular weight excluding hydrogens is 518 g/mol. The van der Waals surface area contributed by atoms with Crippen LogP contribution >= 0.6 is 23.4 Å². The molecule has 3 N–H and O–H groups in total. The van der Waals surface area contributed by atoms with E-state index in [9.17, 15) is 4.79 Å². The van der Waals surface area contributed by atoms with Gasteiger partial charge in [-0.25, -0.2) is 5.43 Å². The molecule has 0 radical (unpaired) electrons. The van der Waals surface area contributed by atoms with Crippen molar-refractivity contribution < 1.29 is 4.79 Å². The number of carbonyl (C=O) groups is 1. The Morgan fingerprint density at radius 3 is 2.74 bits per heavy atom. The SMILES string of the molecule is Cc1cc(Cl)ccc1NCc1nnc(SC(C)C(=O)N/N=C/c2c[nH]c3ccccc23)n1-c1ccccc1. The standard InChI is InChI=1S/C28H26ClN7OS/c1-18-14-21(29)12-13-24(18)31-17-26-33-35-28(36(26)22-8-4-3-5-9-22)38-19(2)27(37)34-32-16-20-15-30-25-11-7-6-10-23(20)25/h3-16,19,30-31H,17H2,1-2H3,(H,34,37)/b32-16+. The second-order valence-corrected chi connectivity index (χ2v) is 10.4. The van der Waals surface area contributed by atoms with Crippen LogP contribution in [0, 0.1) is 6.92 Å². The lowest BCUT2D eigenvalue weighted by Gasteiger charge is -2.14. The quantitative estimate of drug-likeness (QED) is 0.121. The van der Waals surface area contributed by atoms with Gasteiger partial charge < -0.3 is 10.3 Å². The van der Waals surface area contributed by atoms with Crippen LogP contribution in [0.25, 0.3) is 16.6 Å². The number of para-hydroxylation sites is 2. The van der Waals surface area contributed by atoms with E-state index in [2.05, 4.69) is 31.0 Å². The van der Waals surface area contributed by atoms with Gasteiger partial charge in [0.05, 0.1) is 18.0 Å². The van der Waals surface area contributed by atoms with Crippen LogP contribution in [0.1, 0.15) is 23.9 Å². The number of hydrazone groups is 1. The van der Waals surface area contributed by atoms with Crippen molar-refractivity contribution in [3.05, 3.63) is 101 Å². The zero-order valence-electron chi connectivity index (χ0n) is 20.9. The highest BCUT2D eigenvalue weighted by atomic mass is 35.5. The molecule has 0 saturated carbocycles. The maximum Gasteiger partial charge on any atom is 0.253 e. The van der Waals surface area contributed by atoms with Gasteiger partial charge in [-0.1, -0.05) is 59.8 Å². The second kappa shape index (κ2) is 11.5. The summed E-state index contributed by atoms with van der Waals surface area (Å²) in [6.07, 6.45) is 3.51. The zero-order chi connectivity index (χ0) is 26.5. The van der Waals surface area contributed by atoms with Gasteiger partial charge in [-0.2, -0.15) is 5.10 Å². The minimum Gasteiger partial charge on any atom is -0.378 e. The van der Waals surface area contributed by atoms with Crippen LogP contribution in [0.2, 0.25) is 5.02 Å². The van der Waals surface area contributed by atoms with Gasteiger partial charge in [-0.15, -0.1) is 10.2 Å². The van der Waals surface area contributed by atoms with Crippen molar-refractivity contribution in [2.45, 2.75) is 30.8 Å². The van der Waals surface area contributed by atoms with E-state index in [1.807, 2.05) is 97.4 Å². The van der Waals surface area contributed by atoms with Crippen molar-refractivity contribution in [1.82, 2.24) is 25.2 Å². The number of halogens is 1. The number of amides is 1. The van der Waals surface area contributed by atoms with Crippen molar-refractivity contribution in [3.63, 3.8) is 0 Å². The zero-order valence-corrected chi connectivity index (χ0v) is 22.4. The molecule has 2 aromatic heterocycles. The molecule has 1 amide bonds. The number of H-pyrrole nitrogens is 1. The Morgan fingerprint density at radius 2 is 1.92 bits per heavy atom. The molecule has 0 bridgehead atoms. The Kier molecular flexibility index (Phi) is 7.76. The van der Waals surface area contributed by atoms with Crippen LogP contribution in [-0.2, 0) is 11.3 Å². The van der Waals surface area contributed by atoms with E-state index in [1.165, 1.54) is 11.8 Å². The van der Waals surface area contributed by atoms with Crippen LogP contribution in [0.15, 0.2) is 89.3 Å². The van der Waals surface area contributed by atoms with Crippen LogP contribution in [0.5, 0.6) is 0 Å². The Hall–Kier alpha value is -4.08. The van der Waals surface area contributed by atoms with Gasteiger partial charge in [0.2, 0.25) is 0 Å². The monoisotopic (exact) mass is 543 g/mol. The smallest absolute Gasteiger partial charge is 0.253 e. The van der Waals surface area contributed by atoms with Crippen LogP contribution in [0.3, 0.4) is 0 Å². The fourth-order valence-corrected chi connectivity index (χ4v) is 5.10. The van der Waals surface area contributed by atoms with Gasteiger partial charge in [0, 0.05) is 39.1 Å². The average molecular weight is 544 g/mol. The van der Waals surface area contributed by atoms with Gasteiger partial charge in [-0.3, -0.25) is 9.36 Å². The minimum absolute atomic E-state index is 0.231. The number of carbonyl (C=O) groups excluding carboxylic acids is 1. The molecule has 0 saturated heterocycles. The van der Waals surface area contributed by atoms with Crippen molar-refractivity contribution in [2.24, 2.45) is 5.10 Å². The molecule has 192 valence electrons. The summed E-state index contributed by atoms with van der Waals surface area (Å²) in [5, 5.41) is 18.3. The Bertz CT molecular complexity index is 1600. The highest BCUT2D eigenvalue weighted by Gasteiger charge is 2.21. The summed E-state index contributed by atoms with van der Waals surface area (Å²) >= 11 is 7.42. The van der Waals surface area contributed by atoms with E-state index in [4.69, 9.17) is 11.6 Å². The molecule has 5 rings (SSSR count). The summed E-state index contributed by atoms with van der Waals surface area (Å²) in [6.45, 7) is 4.26. The first-order valence-corrected chi connectivity index (χ1v) is 13.3. The lowest BCUT2D eigenvalue weighted by molar-refractivity contribution is -0.120. The summed E-state index contributed by atoms with van der Waals surface area (Å²) in [5.74, 6) is 0.489. The van der Waals surface area contributed by atoms with Crippen LogP contribution in [0.4, 0.5) is 5.69 Å². The van der Waals surface area contributed by atoms with Gasteiger partial charge in [0.25, 0.3) is 5.91 Å². The maximum absolute atomic E-state index is 12.8. The summed E-state index contributed by atoms with van der Waals surface area (Å²) in [5.41, 5.74) is 7.47. The van der Waals surface area contributed by atoms with Crippen molar-refractivity contribution in [1.29, 1.82) is 0 Å². The van der Waals surface area contributed by atoms with Crippen LogP contribution < -0.4 is 10.7 Å². The fraction of sp³-hybridized carbons (Fsp3) is 0.143. The van der Waals surface area contributed by atoms with E-state index in [1.54, 1.807) is 6.21 Å². The molecule has 10 heteroatoms. The predicted octanol–water partition coefficient (Wildman–Crippen LogP) is 5.95. The molecule has 1 atom stereocenters. The molecular formula is C28H26ClN7OS. The molecule has 8 nitrogen and oxygen atoms in total. The number of hydrogen-bond acceptors (Lipinski definition) is 6. The van der Waals surface area contributed by atoms with E-state index in [0.29, 0.717) is 16.7 Å². The summed E-state index contributed by atoms with van der Waals surface area (Å²) < 4.78 is 1.96. The molecule has 2 heterocycles. The van der Waals surface area contributed by atoms with Crippen molar-refractivity contribution >= 4 is 52.1 Å². The predicted molar refractivity (Wildman–Crippen MR) is 154 cm³/mol. The number of aryl methyl sites for hydroxylation is 1. The fourth-order valence-electron chi connectivity index (χ4n) is 4.00. The summed E-state index contributed by atoms with van der Waals surface area (Å²) in [4.78, 5) is 16.0. The number of thioether (sulfide) groups is 1. The number of nitrogens with zero attached hydrogens (tertiary/aromatic N) is 4. The first kappa shape index (κ1) is 25.6. The number of aromatic nitrogens is 4. The molecule has 1 unspecified atom stereocenters. The lowest BCUT2D eigenvalue weighted by atomic mass is 10.2. The van der Waals surface area contributed by atoms with Crippen molar-refractivity contribution in [3.8, 4) is 5.69 Å². The normalized spacial score (nSPS) is 12.2. The van der Waals surface area contributed by atoms with E-state index in [0.717, 1.165) is 39.2 Å². The molecule has 0 aliphatic rings. The Balaban J connectivity index is 1.30. The third-order valence-electron chi connectivity index (χ3n) is 5.99. The highest BCUT2D eigenvalue weighted by molar-refractivity contribution is 8.00. The third-order valence-corrected chi connectivity index (χ3v) is 7.27. The summed E-state index contributed by atoms with van der Waals surface area (Å²) in [6, 6.07) is 23.5. The molecule has 0 aliphatic carbocycles. The lowest BCUT2D eigenvalue weighted by Crippen LogP contribution is -2.27. The number of hydrogen-bond donors (Lipinski definition) is 3. The maximum atomic E-state index is 12.8. The van der Waals surface area contributed by atoms with Gasteiger partial charge in [-0.05, 0) is 55.8 Å². The molecule has 0 aliphatic heterocycles. The average Bonchev–Trinajstić information content (AvgIpc) is 3.52. The van der Waals surface area contributed by atoms with E-state index < -0.39 is 5.25 Å². The number of anilines is 1. The number of aromatic amines is 1. The molecule has 5 aromatic rings. The van der Waals surface area contributed by atoms with Gasteiger partial charge in [0.15, 0.2) is 11.0 Å². The number of rotatable bonds is 9. The van der Waals surface area contributed by atoms with Gasteiger partial charge >= 0.3 is 0 Å². The topological polar surface area (TPSA) is 100.0 Å². The number of benzene rings is 3. The Morgan fingerprint density at radius 1 is 1.13 bits per heavy atom. The van der Waals surface area contributed by atoms with Crippen LogP contribution in [-0.4, -0.2) is 37.1 Å². The minimum atomic E-state index is -0.457. The molecule has 3 aromatic carbocycles. The molecule has 38 heavy (non-hydrogen) atoms. The van der Waals surface area contributed by atoms with Crippen molar-refractivity contribution in [2.75, 3.05) is 5.32 Å². The van der Waals surface area contributed by atoms with Gasteiger partial charge in [0.1, 0.15) is 0 Å². The number of nitrogens with one attached hydrogen (secondary N) is 3.